The van der Waals surface area contributed by atoms with Gasteiger partial charge in [-0.25, -0.2) is 4.39 Å². The molecule has 0 bridgehead atoms. The lowest BCUT2D eigenvalue weighted by molar-refractivity contribution is -0.128. The molecule has 0 atom stereocenters. The average molecular weight is 340 g/mol. The van der Waals surface area contributed by atoms with Crippen molar-refractivity contribution >= 4 is 17.5 Å². The molecule has 1 N–H and O–H groups in total. The molecule has 2 aromatic rings. The fourth-order valence-electron chi connectivity index (χ4n) is 2.83. The van der Waals surface area contributed by atoms with Gasteiger partial charge in [-0.05, 0) is 48.2 Å². The molecule has 2 aromatic carbocycles. The maximum Gasteiger partial charge on any atom is 0.235 e. The molecule has 0 saturated heterocycles. The van der Waals surface area contributed by atoms with Crippen LogP contribution in [0, 0.1) is 5.82 Å². The Labute approximate surface area is 146 Å². The summed E-state index contributed by atoms with van der Waals surface area (Å²) in [7, 11) is 3.45. The number of hydrogen-bond donors (Lipinski definition) is 1. The Kier molecular flexibility index (Phi) is 4.57. The number of likely N-dealkylation sites (N-methyl/N-ethyl adjacent to an activating group) is 1. The van der Waals surface area contributed by atoms with E-state index in [0.29, 0.717) is 12.1 Å². The van der Waals surface area contributed by atoms with Crippen LogP contribution < -0.4 is 5.32 Å². The smallest absolute Gasteiger partial charge is 0.235 e. The molecular formula is C20H21FN2O2. The van der Waals surface area contributed by atoms with Gasteiger partial charge in [0.15, 0.2) is 0 Å². The monoisotopic (exact) mass is 340 g/mol. The van der Waals surface area contributed by atoms with Gasteiger partial charge in [0, 0.05) is 19.8 Å². The zero-order valence-corrected chi connectivity index (χ0v) is 14.4. The number of anilines is 1. The van der Waals surface area contributed by atoms with Gasteiger partial charge in [0.25, 0.3) is 0 Å². The topological polar surface area (TPSA) is 49.4 Å². The fraction of sp³-hybridized carbons (Fsp3) is 0.300. The number of nitrogens with one attached hydrogen (secondary N) is 1. The first-order valence-corrected chi connectivity index (χ1v) is 8.27. The normalized spacial score (nSPS) is 14.7. The van der Waals surface area contributed by atoms with Crippen LogP contribution in [0.5, 0.6) is 0 Å². The summed E-state index contributed by atoms with van der Waals surface area (Å²) in [5, 5.41) is 2.93. The van der Waals surface area contributed by atoms with Crippen molar-refractivity contribution in [2.45, 2.75) is 24.7 Å². The van der Waals surface area contributed by atoms with Crippen LogP contribution in [0.4, 0.5) is 10.1 Å². The van der Waals surface area contributed by atoms with Crippen LogP contribution in [0.1, 0.15) is 24.0 Å². The first kappa shape index (κ1) is 17.1. The van der Waals surface area contributed by atoms with E-state index in [2.05, 4.69) is 5.32 Å². The molecule has 1 aliphatic rings. The Balaban J connectivity index is 1.67. The molecule has 0 unspecified atom stereocenters. The minimum atomic E-state index is -0.548. The van der Waals surface area contributed by atoms with E-state index >= 15 is 0 Å². The number of halogens is 1. The second kappa shape index (κ2) is 6.67. The van der Waals surface area contributed by atoms with E-state index in [9.17, 15) is 14.0 Å². The van der Waals surface area contributed by atoms with Crippen LogP contribution in [0.25, 0.3) is 0 Å². The lowest BCUT2D eigenvalue weighted by Gasteiger charge is -2.16. The molecule has 5 heteroatoms. The maximum absolute atomic E-state index is 13.1. The third kappa shape index (κ3) is 3.71. The van der Waals surface area contributed by atoms with Crippen molar-refractivity contribution < 1.29 is 14.0 Å². The largest absolute Gasteiger partial charge is 0.349 e. The van der Waals surface area contributed by atoms with Crippen molar-refractivity contribution in [3.8, 4) is 0 Å². The minimum absolute atomic E-state index is 0.0324. The van der Waals surface area contributed by atoms with Crippen LogP contribution in [0.2, 0.25) is 0 Å². The number of benzene rings is 2. The Hall–Kier alpha value is -2.69. The van der Waals surface area contributed by atoms with Gasteiger partial charge in [0.2, 0.25) is 11.8 Å². The molecule has 0 aliphatic heterocycles. The Morgan fingerprint density at radius 2 is 1.64 bits per heavy atom. The SMILES string of the molecule is CN(C)C(=O)Cc1ccc(NC(=O)C2(c3ccc(F)cc3)CC2)cc1. The average Bonchev–Trinajstić information content (AvgIpc) is 3.39. The molecule has 0 radical (unpaired) electrons. The molecule has 3 rings (SSSR count). The quantitative estimate of drug-likeness (QED) is 0.909. The third-order valence-electron chi connectivity index (χ3n) is 4.65. The van der Waals surface area contributed by atoms with Gasteiger partial charge < -0.3 is 10.2 Å². The molecule has 1 saturated carbocycles. The van der Waals surface area contributed by atoms with E-state index < -0.39 is 5.41 Å². The van der Waals surface area contributed by atoms with Crippen LogP contribution in [0.3, 0.4) is 0 Å². The minimum Gasteiger partial charge on any atom is -0.349 e. The molecule has 1 fully saturated rings. The number of hydrogen-bond acceptors (Lipinski definition) is 2. The molecule has 130 valence electrons. The lowest BCUT2D eigenvalue weighted by atomic mass is 9.95. The van der Waals surface area contributed by atoms with E-state index in [1.807, 2.05) is 12.1 Å². The molecule has 4 nitrogen and oxygen atoms in total. The van der Waals surface area contributed by atoms with E-state index in [4.69, 9.17) is 0 Å². The van der Waals surface area contributed by atoms with Crippen molar-refractivity contribution in [3.63, 3.8) is 0 Å². The van der Waals surface area contributed by atoms with Crippen LogP contribution in [-0.2, 0) is 21.4 Å². The van der Waals surface area contributed by atoms with E-state index in [-0.39, 0.29) is 17.6 Å². The summed E-state index contributed by atoms with van der Waals surface area (Å²) < 4.78 is 13.1. The third-order valence-corrected chi connectivity index (χ3v) is 4.65. The van der Waals surface area contributed by atoms with E-state index in [1.165, 1.54) is 12.1 Å². The molecule has 1 aliphatic carbocycles. The maximum atomic E-state index is 13.1. The molecular weight excluding hydrogens is 319 g/mol. The highest BCUT2D eigenvalue weighted by Crippen LogP contribution is 2.49. The first-order chi connectivity index (χ1) is 11.9. The summed E-state index contributed by atoms with van der Waals surface area (Å²) in [6.07, 6.45) is 1.86. The zero-order chi connectivity index (χ0) is 18.0. The van der Waals surface area contributed by atoms with Crippen molar-refractivity contribution in [2.24, 2.45) is 0 Å². The van der Waals surface area contributed by atoms with Crippen molar-refractivity contribution in [3.05, 3.63) is 65.5 Å². The number of amides is 2. The first-order valence-electron chi connectivity index (χ1n) is 8.27. The van der Waals surface area contributed by atoms with E-state index in [1.54, 1.807) is 43.3 Å². The number of rotatable bonds is 5. The van der Waals surface area contributed by atoms with Crippen molar-refractivity contribution in [2.75, 3.05) is 19.4 Å². The molecule has 0 heterocycles. The Morgan fingerprint density at radius 3 is 2.16 bits per heavy atom. The molecule has 0 aromatic heterocycles. The Bertz CT molecular complexity index is 778. The summed E-state index contributed by atoms with van der Waals surface area (Å²) in [6.45, 7) is 0. The molecule has 25 heavy (non-hydrogen) atoms. The van der Waals surface area contributed by atoms with Gasteiger partial charge in [0.05, 0.1) is 11.8 Å². The standard InChI is InChI=1S/C20H21FN2O2/c1-23(2)18(24)13-14-3-9-17(10-4-14)22-19(25)20(11-12-20)15-5-7-16(21)8-6-15/h3-10H,11-13H2,1-2H3,(H,22,25). The fourth-order valence-corrected chi connectivity index (χ4v) is 2.83. The highest BCUT2D eigenvalue weighted by atomic mass is 19.1. The second-order valence-corrected chi connectivity index (χ2v) is 6.70. The molecule has 2 amide bonds. The summed E-state index contributed by atoms with van der Waals surface area (Å²) in [4.78, 5) is 25.9. The summed E-state index contributed by atoms with van der Waals surface area (Å²) in [5.41, 5.74) is 1.89. The number of carbonyl (C=O) groups is 2. The van der Waals surface area contributed by atoms with Crippen molar-refractivity contribution in [1.29, 1.82) is 0 Å². The highest BCUT2D eigenvalue weighted by Gasteiger charge is 2.51. The summed E-state index contributed by atoms with van der Waals surface area (Å²) in [6, 6.07) is 13.4. The van der Waals surface area contributed by atoms with Gasteiger partial charge in [-0.1, -0.05) is 24.3 Å². The number of carbonyl (C=O) groups excluding carboxylic acids is 2. The molecule has 0 spiro atoms. The van der Waals surface area contributed by atoms with E-state index in [0.717, 1.165) is 24.0 Å². The van der Waals surface area contributed by atoms with Crippen LogP contribution >= 0.6 is 0 Å². The van der Waals surface area contributed by atoms with Crippen LogP contribution in [0.15, 0.2) is 48.5 Å². The van der Waals surface area contributed by atoms with Crippen LogP contribution in [-0.4, -0.2) is 30.8 Å². The van der Waals surface area contributed by atoms with Gasteiger partial charge in [-0.2, -0.15) is 0 Å². The lowest BCUT2D eigenvalue weighted by Crippen LogP contribution is -2.27. The van der Waals surface area contributed by atoms with Gasteiger partial charge >= 0.3 is 0 Å². The number of nitrogens with zero attached hydrogens (tertiary/aromatic N) is 1. The highest BCUT2D eigenvalue weighted by molar-refractivity contribution is 6.01. The summed E-state index contributed by atoms with van der Waals surface area (Å²) >= 11 is 0. The second-order valence-electron chi connectivity index (χ2n) is 6.70. The van der Waals surface area contributed by atoms with Gasteiger partial charge in [-0.3, -0.25) is 9.59 Å². The van der Waals surface area contributed by atoms with Gasteiger partial charge in [0.1, 0.15) is 5.82 Å². The predicted octanol–water partition coefficient (Wildman–Crippen LogP) is 3.13. The van der Waals surface area contributed by atoms with Crippen molar-refractivity contribution in [1.82, 2.24) is 4.90 Å². The zero-order valence-electron chi connectivity index (χ0n) is 14.4. The summed E-state index contributed by atoms with van der Waals surface area (Å²) in [5.74, 6) is -0.343. The van der Waals surface area contributed by atoms with Gasteiger partial charge in [-0.15, -0.1) is 0 Å². The predicted molar refractivity (Wildman–Crippen MR) is 94.8 cm³/mol. The Morgan fingerprint density at radius 1 is 1.04 bits per heavy atom.